The van der Waals surface area contributed by atoms with Gasteiger partial charge in [0.25, 0.3) is 0 Å². The molecule has 5 nitrogen and oxygen atoms in total. The molecule has 0 bridgehead atoms. The van der Waals surface area contributed by atoms with Crippen molar-refractivity contribution in [1.82, 2.24) is 4.98 Å². The predicted molar refractivity (Wildman–Crippen MR) is 52.0 cm³/mol. The average Bonchev–Trinajstić information content (AvgIpc) is 2.01. The summed E-state index contributed by atoms with van der Waals surface area (Å²) in [5, 5.41) is 8.36. The van der Waals surface area contributed by atoms with Gasteiger partial charge in [-0.15, -0.1) is 0 Å². The van der Waals surface area contributed by atoms with Crippen molar-refractivity contribution in [2.75, 3.05) is 6.26 Å². The summed E-state index contributed by atoms with van der Waals surface area (Å²) in [6, 6.07) is 2.48. The zero-order chi connectivity index (χ0) is 10.9. The number of hydrogen-bond donors (Lipinski definition) is 1. The van der Waals surface area contributed by atoms with Crippen LogP contribution in [0.25, 0.3) is 0 Å². The van der Waals surface area contributed by atoms with Crippen molar-refractivity contribution in [2.45, 2.75) is 5.03 Å². The summed E-state index contributed by atoms with van der Waals surface area (Å²) in [5.74, 6) is -1.27. The SMILES string of the molecule is CS(=O)(=O)c1cc(Br)cc(C(=O)O)n1. The van der Waals surface area contributed by atoms with Crippen LogP contribution in [0.1, 0.15) is 10.5 Å². The molecule has 1 heterocycles. The van der Waals surface area contributed by atoms with Gasteiger partial charge in [-0.3, -0.25) is 0 Å². The highest BCUT2D eigenvalue weighted by atomic mass is 79.9. The Morgan fingerprint density at radius 3 is 2.50 bits per heavy atom. The predicted octanol–water partition coefficient (Wildman–Crippen LogP) is 0.946. The number of nitrogens with zero attached hydrogens (tertiary/aromatic N) is 1. The summed E-state index contributed by atoms with van der Waals surface area (Å²) in [5.41, 5.74) is -0.306. The van der Waals surface area contributed by atoms with Crippen LogP contribution in [0.5, 0.6) is 0 Å². The lowest BCUT2D eigenvalue weighted by atomic mass is 10.4. The van der Waals surface area contributed by atoms with E-state index in [2.05, 4.69) is 20.9 Å². The molecule has 0 radical (unpaired) electrons. The van der Waals surface area contributed by atoms with Crippen LogP contribution in [0.3, 0.4) is 0 Å². The second kappa shape index (κ2) is 3.66. The van der Waals surface area contributed by atoms with Crippen LogP contribution in [0.4, 0.5) is 0 Å². The van der Waals surface area contributed by atoms with Gasteiger partial charge in [-0.05, 0) is 12.1 Å². The monoisotopic (exact) mass is 279 g/mol. The summed E-state index contributed by atoms with van der Waals surface area (Å²) in [7, 11) is -3.49. The van der Waals surface area contributed by atoms with Crippen LogP contribution in [0.2, 0.25) is 0 Å². The minimum absolute atomic E-state index is 0.260. The number of aromatic carboxylic acids is 1. The molecule has 0 unspecified atom stereocenters. The normalized spacial score (nSPS) is 11.3. The zero-order valence-corrected chi connectivity index (χ0v) is 9.46. The van der Waals surface area contributed by atoms with Gasteiger partial charge in [0.15, 0.2) is 20.6 Å². The fraction of sp³-hybridized carbons (Fsp3) is 0.143. The molecular weight excluding hydrogens is 274 g/mol. The van der Waals surface area contributed by atoms with Crippen LogP contribution < -0.4 is 0 Å². The Labute approximate surface area is 88.8 Å². The molecule has 0 spiro atoms. The quantitative estimate of drug-likeness (QED) is 0.871. The maximum atomic E-state index is 11.1. The van der Waals surface area contributed by atoms with Crippen molar-refractivity contribution in [3.05, 3.63) is 22.3 Å². The fourth-order valence-electron chi connectivity index (χ4n) is 0.773. The lowest BCUT2D eigenvalue weighted by Crippen LogP contribution is -2.07. The molecule has 76 valence electrons. The second-order valence-corrected chi connectivity index (χ2v) is 5.46. The molecular formula is C7H6BrNO4S. The fourth-order valence-corrected chi connectivity index (χ4v) is 1.96. The Hall–Kier alpha value is -0.950. The third-order valence-corrected chi connectivity index (χ3v) is 2.79. The van der Waals surface area contributed by atoms with E-state index in [0.29, 0.717) is 4.47 Å². The first-order valence-corrected chi connectivity index (χ1v) is 6.10. The molecule has 1 aromatic heterocycles. The summed E-state index contributed by atoms with van der Waals surface area (Å²) >= 11 is 3.01. The van der Waals surface area contributed by atoms with Crippen molar-refractivity contribution in [3.63, 3.8) is 0 Å². The van der Waals surface area contributed by atoms with Gasteiger partial charge in [-0.1, -0.05) is 15.9 Å². The van der Waals surface area contributed by atoms with Crippen molar-refractivity contribution in [2.24, 2.45) is 0 Å². The molecule has 0 atom stereocenters. The van der Waals surface area contributed by atoms with Crippen molar-refractivity contribution in [1.29, 1.82) is 0 Å². The van der Waals surface area contributed by atoms with Crippen LogP contribution in [0.15, 0.2) is 21.6 Å². The first kappa shape index (κ1) is 11.1. The molecule has 14 heavy (non-hydrogen) atoms. The van der Waals surface area contributed by atoms with E-state index in [1.54, 1.807) is 0 Å². The van der Waals surface area contributed by atoms with E-state index < -0.39 is 15.8 Å². The Bertz CT molecular complexity index is 482. The number of pyridine rings is 1. The molecule has 0 aliphatic rings. The summed E-state index contributed by atoms with van der Waals surface area (Å²) in [6.07, 6.45) is 0.966. The van der Waals surface area contributed by atoms with Crippen molar-refractivity contribution < 1.29 is 18.3 Å². The van der Waals surface area contributed by atoms with Crippen molar-refractivity contribution in [3.8, 4) is 0 Å². The summed E-state index contributed by atoms with van der Waals surface area (Å²) in [4.78, 5) is 14.0. The molecule has 0 aliphatic heterocycles. The topological polar surface area (TPSA) is 84.3 Å². The van der Waals surface area contributed by atoms with E-state index in [-0.39, 0.29) is 10.7 Å². The van der Waals surface area contributed by atoms with E-state index >= 15 is 0 Å². The number of carboxylic acid groups (broad SMARTS) is 1. The summed E-state index contributed by atoms with van der Waals surface area (Å²) in [6.45, 7) is 0. The van der Waals surface area contributed by atoms with Crippen LogP contribution in [-0.2, 0) is 9.84 Å². The molecule has 0 saturated heterocycles. The van der Waals surface area contributed by atoms with Gasteiger partial charge in [0.2, 0.25) is 0 Å². The Morgan fingerprint density at radius 1 is 1.50 bits per heavy atom. The van der Waals surface area contributed by atoms with Crippen LogP contribution in [-0.4, -0.2) is 30.7 Å². The molecule has 1 rings (SSSR count). The number of hydrogen-bond acceptors (Lipinski definition) is 4. The Kier molecular flexibility index (Phi) is 2.91. The van der Waals surface area contributed by atoms with Gasteiger partial charge in [0, 0.05) is 10.7 Å². The highest BCUT2D eigenvalue weighted by Gasteiger charge is 2.14. The minimum atomic E-state index is -3.49. The maximum Gasteiger partial charge on any atom is 0.354 e. The highest BCUT2D eigenvalue weighted by Crippen LogP contribution is 2.16. The average molecular weight is 280 g/mol. The van der Waals surface area contributed by atoms with E-state index in [1.165, 1.54) is 12.1 Å². The first-order valence-electron chi connectivity index (χ1n) is 3.41. The van der Waals surface area contributed by atoms with Gasteiger partial charge in [-0.2, -0.15) is 0 Å². The molecule has 0 saturated carbocycles. The van der Waals surface area contributed by atoms with E-state index in [4.69, 9.17) is 5.11 Å². The highest BCUT2D eigenvalue weighted by molar-refractivity contribution is 9.10. The van der Waals surface area contributed by atoms with E-state index in [1.807, 2.05) is 0 Å². The molecule has 0 amide bonds. The Balaban J connectivity index is 3.43. The van der Waals surface area contributed by atoms with Gasteiger partial charge in [0.05, 0.1) is 0 Å². The maximum absolute atomic E-state index is 11.1. The second-order valence-electron chi connectivity index (χ2n) is 2.59. The van der Waals surface area contributed by atoms with Crippen molar-refractivity contribution >= 4 is 31.7 Å². The third-order valence-electron chi connectivity index (χ3n) is 1.37. The molecule has 0 fully saturated rings. The van der Waals surface area contributed by atoms with Crippen LogP contribution >= 0.6 is 15.9 Å². The third kappa shape index (κ3) is 2.52. The van der Waals surface area contributed by atoms with Crippen LogP contribution in [0, 0.1) is 0 Å². The lowest BCUT2D eigenvalue weighted by molar-refractivity contribution is 0.0689. The Morgan fingerprint density at radius 2 is 2.07 bits per heavy atom. The lowest BCUT2D eigenvalue weighted by Gasteiger charge is -2.00. The van der Waals surface area contributed by atoms with Gasteiger partial charge in [0.1, 0.15) is 0 Å². The van der Waals surface area contributed by atoms with Gasteiger partial charge >= 0.3 is 5.97 Å². The van der Waals surface area contributed by atoms with E-state index in [9.17, 15) is 13.2 Å². The number of carbonyl (C=O) groups is 1. The number of sulfone groups is 1. The van der Waals surface area contributed by atoms with E-state index in [0.717, 1.165) is 6.26 Å². The largest absolute Gasteiger partial charge is 0.477 e. The number of halogens is 1. The standard InChI is InChI=1S/C7H6BrNO4S/c1-14(12,13)6-3-4(8)2-5(9-6)7(10)11/h2-3H,1H3,(H,10,11). The number of aromatic nitrogens is 1. The number of rotatable bonds is 2. The molecule has 7 heteroatoms. The first-order chi connectivity index (χ1) is 6.30. The minimum Gasteiger partial charge on any atom is -0.477 e. The summed E-state index contributed by atoms with van der Waals surface area (Å²) < 4.78 is 22.5. The smallest absolute Gasteiger partial charge is 0.354 e. The van der Waals surface area contributed by atoms with Gasteiger partial charge < -0.3 is 5.11 Å². The molecule has 1 N–H and O–H groups in total. The molecule has 1 aromatic rings. The molecule has 0 aliphatic carbocycles. The van der Waals surface area contributed by atoms with Gasteiger partial charge in [-0.25, -0.2) is 18.2 Å². The number of carboxylic acids is 1. The molecule has 0 aromatic carbocycles. The zero-order valence-electron chi connectivity index (χ0n) is 7.06.